The fourth-order valence-electron chi connectivity index (χ4n) is 1.78. The molecule has 2 rings (SSSR count). The smallest absolute Gasteiger partial charge is 0.350 e. The number of carbonyl (C=O) groups is 2. The van der Waals surface area contributed by atoms with Crippen molar-refractivity contribution in [1.82, 2.24) is 0 Å². The average Bonchev–Trinajstić information content (AvgIpc) is 2.93. The van der Waals surface area contributed by atoms with Crippen LogP contribution in [0.5, 0.6) is 0 Å². The molecule has 24 heavy (non-hydrogen) atoms. The lowest BCUT2D eigenvalue weighted by atomic mass is 10.2. The molecule has 0 spiro atoms. The number of benzene rings is 1. The van der Waals surface area contributed by atoms with Gasteiger partial charge >= 0.3 is 5.97 Å². The molecule has 1 aromatic heterocycles. The number of amides is 1. The summed E-state index contributed by atoms with van der Waals surface area (Å²) in [7, 11) is -3.51. The minimum atomic E-state index is -3.51. The van der Waals surface area contributed by atoms with Crippen molar-refractivity contribution in [2.45, 2.75) is 6.92 Å². The van der Waals surface area contributed by atoms with E-state index in [0.717, 1.165) is 23.2 Å². The van der Waals surface area contributed by atoms with E-state index in [4.69, 9.17) is 4.74 Å². The van der Waals surface area contributed by atoms with Crippen molar-refractivity contribution in [3.05, 3.63) is 46.2 Å². The van der Waals surface area contributed by atoms with Gasteiger partial charge in [-0.1, -0.05) is 17.7 Å². The van der Waals surface area contributed by atoms with E-state index < -0.39 is 28.5 Å². The molecule has 2 aromatic rings. The molecular formula is C15H16N2O5S2. The van der Waals surface area contributed by atoms with Gasteiger partial charge in [0.25, 0.3) is 5.91 Å². The maximum Gasteiger partial charge on any atom is 0.350 e. The minimum absolute atomic E-state index is 0.0866. The Morgan fingerprint density at radius 2 is 1.83 bits per heavy atom. The predicted molar refractivity (Wildman–Crippen MR) is 92.9 cm³/mol. The molecule has 128 valence electrons. The largest absolute Gasteiger partial charge is 0.451 e. The van der Waals surface area contributed by atoms with Crippen LogP contribution >= 0.6 is 11.3 Å². The summed E-state index contributed by atoms with van der Waals surface area (Å²) in [5, 5.41) is 4.15. The quantitative estimate of drug-likeness (QED) is 0.761. The number of hydrogen-bond acceptors (Lipinski definition) is 6. The number of anilines is 2. The SMILES string of the molecule is Cc1ccc(NC(=O)COC(=O)c2sccc2NS(C)(=O)=O)cc1. The minimum Gasteiger partial charge on any atom is -0.451 e. The van der Waals surface area contributed by atoms with E-state index >= 15 is 0 Å². The topological polar surface area (TPSA) is 102 Å². The maximum atomic E-state index is 12.0. The molecule has 0 bridgehead atoms. The van der Waals surface area contributed by atoms with Gasteiger partial charge in [0.2, 0.25) is 10.0 Å². The van der Waals surface area contributed by atoms with E-state index in [-0.39, 0.29) is 10.6 Å². The van der Waals surface area contributed by atoms with Crippen molar-refractivity contribution in [3.63, 3.8) is 0 Å². The van der Waals surface area contributed by atoms with E-state index in [1.807, 2.05) is 19.1 Å². The van der Waals surface area contributed by atoms with Gasteiger partial charge in [0, 0.05) is 5.69 Å². The van der Waals surface area contributed by atoms with E-state index in [0.29, 0.717) is 5.69 Å². The zero-order chi connectivity index (χ0) is 17.7. The number of hydrogen-bond donors (Lipinski definition) is 2. The van der Waals surface area contributed by atoms with Gasteiger partial charge in [0.1, 0.15) is 4.88 Å². The van der Waals surface area contributed by atoms with Crippen molar-refractivity contribution in [2.75, 3.05) is 22.9 Å². The number of carbonyl (C=O) groups excluding carboxylic acids is 2. The molecule has 7 nitrogen and oxygen atoms in total. The summed E-state index contributed by atoms with van der Waals surface area (Å²) in [5.41, 5.74) is 1.78. The molecule has 1 heterocycles. The second-order valence-electron chi connectivity index (χ2n) is 5.03. The summed E-state index contributed by atoms with van der Waals surface area (Å²) in [5.74, 6) is -1.25. The monoisotopic (exact) mass is 368 g/mol. The number of nitrogens with one attached hydrogen (secondary N) is 2. The lowest BCUT2D eigenvalue weighted by Crippen LogP contribution is -2.21. The van der Waals surface area contributed by atoms with Crippen LogP contribution < -0.4 is 10.0 Å². The molecule has 0 radical (unpaired) electrons. The lowest BCUT2D eigenvalue weighted by molar-refractivity contribution is -0.119. The van der Waals surface area contributed by atoms with Gasteiger partial charge in [0.15, 0.2) is 6.61 Å². The third-order valence-corrected chi connectivity index (χ3v) is 4.30. The highest BCUT2D eigenvalue weighted by molar-refractivity contribution is 7.92. The third-order valence-electron chi connectivity index (χ3n) is 2.82. The number of rotatable bonds is 6. The van der Waals surface area contributed by atoms with Crippen LogP contribution in [0.4, 0.5) is 11.4 Å². The van der Waals surface area contributed by atoms with E-state index in [9.17, 15) is 18.0 Å². The van der Waals surface area contributed by atoms with Crippen molar-refractivity contribution in [2.24, 2.45) is 0 Å². The van der Waals surface area contributed by atoms with Gasteiger partial charge in [0.05, 0.1) is 11.9 Å². The molecule has 0 atom stereocenters. The number of sulfonamides is 1. The number of thiophene rings is 1. The molecule has 1 amide bonds. The van der Waals surface area contributed by atoms with Crippen LogP contribution in [0.3, 0.4) is 0 Å². The van der Waals surface area contributed by atoms with Gasteiger partial charge < -0.3 is 10.1 Å². The number of esters is 1. The highest BCUT2D eigenvalue weighted by Crippen LogP contribution is 2.24. The van der Waals surface area contributed by atoms with Gasteiger partial charge in [-0.2, -0.15) is 0 Å². The third kappa shape index (κ3) is 5.36. The first-order valence-electron chi connectivity index (χ1n) is 6.83. The van der Waals surface area contributed by atoms with Crippen LogP contribution in [0.1, 0.15) is 15.2 Å². The maximum absolute atomic E-state index is 12.0. The Morgan fingerprint density at radius 3 is 2.46 bits per heavy atom. The normalized spacial score (nSPS) is 10.9. The highest BCUT2D eigenvalue weighted by atomic mass is 32.2. The van der Waals surface area contributed by atoms with Crippen molar-refractivity contribution in [1.29, 1.82) is 0 Å². The average molecular weight is 368 g/mol. The van der Waals surface area contributed by atoms with Crippen LogP contribution in [0.25, 0.3) is 0 Å². The Hall–Kier alpha value is -2.39. The molecule has 9 heteroatoms. The Bertz CT molecular complexity index is 841. The second-order valence-corrected chi connectivity index (χ2v) is 7.69. The molecule has 2 N–H and O–H groups in total. The first-order chi connectivity index (χ1) is 11.2. The fraction of sp³-hybridized carbons (Fsp3) is 0.200. The molecule has 0 saturated heterocycles. The summed E-state index contributed by atoms with van der Waals surface area (Å²) in [6.07, 6.45) is 0.981. The molecular weight excluding hydrogens is 352 g/mol. The Morgan fingerprint density at radius 1 is 1.17 bits per heavy atom. The molecule has 0 unspecified atom stereocenters. The van der Waals surface area contributed by atoms with Gasteiger partial charge in [-0.15, -0.1) is 11.3 Å². The molecule has 0 saturated carbocycles. The molecule has 1 aromatic carbocycles. The zero-order valence-electron chi connectivity index (χ0n) is 13.0. The zero-order valence-corrected chi connectivity index (χ0v) is 14.7. The predicted octanol–water partition coefficient (Wildman–Crippen LogP) is 2.22. The highest BCUT2D eigenvalue weighted by Gasteiger charge is 2.18. The van der Waals surface area contributed by atoms with Crippen molar-refractivity contribution in [3.8, 4) is 0 Å². The van der Waals surface area contributed by atoms with Crippen LogP contribution in [-0.2, 0) is 19.6 Å². The Balaban J connectivity index is 1.92. The first-order valence-corrected chi connectivity index (χ1v) is 9.60. The van der Waals surface area contributed by atoms with E-state index in [1.165, 1.54) is 6.07 Å². The number of ether oxygens (including phenoxy) is 1. The van der Waals surface area contributed by atoms with Crippen LogP contribution in [0, 0.1) is 6.92 Å². The van der Waals surface area contributed by atoms with Crippen molar-refractivity contribution >= 4 is 44.6 Å². The lowest BCUT2D eigenvalue weighted by Gasteiger charge is -2.08. The van der Waals surface area contributed by atoms with Gasteiger partial charge in [-0.3, -0.25) is 9.52 Å². The van der Waals surface area contributed by atoms with Gasteiger partial charge in [-0.05, 0) is 30.5 Å². The second kappa shape index (κ2) is 7.45. The van der Waals surface area contributed by atoms with Crippen LogP contribution in [-0.4, -0.2) is 33.2 Å². The number of aryl methyl sites for hydroxylation is 1. The molecule has 0 aliphatic heterocycles. The summed E-state index contributed by atoms with van der Waals surface area (Å²) < 4.78 is 29.6. The summed E-state index contributed by atoms with van der Waals surface area (Å²) >= 11 is 1.02. The molecule has 0 aliphatic rings. The summed E-state index contributed by atoms with van der Waals surface area (Å²) in [4.78, 5) is 23.9. The summed E-state index contributed by atoms with van der Waals surface area (Å²) in [6.45, 7) is 1.46. The Labute approximate surface area is 143 Å². The Kier molecular flexibility index (Phi) is 5.58. The van der Waals surface area contributed by atoms with E-state index in [2.05, 4.69) is 10.0 Å². The summed E-state index contributed by atoms with van der Waals surface area (Å²) in [6, 6.07) is 8.62. The molecule has 0 fully saturated rings. The van der Waals surface area contributed by atoms with Crippen LogP contribution in [0.2, 0.25) is 0 Å². The van der Waals surface area contributed by atoms with Crippen LogP contribution in [0.15, 0.2) is 35.7 Å². The standard InChI is InChI=1S/C15H16N2O5S2/c1-10-3-5-11(6-4-10)16-13(18)9-22-15(19)14-12(7-8-23-14)17-24(2,20)21/h3-8,17H,9H2,1-2H3,(H,16,18). The van der Waals surface area contributed by atoms with Crippen molar-refractivity contribution < 1.29 is 22.7 Å². The van der Waals surface area contributed by atoms with Gasteiger partial charge in [-0.25, -0.2) is 13.2 Å². The van der Waals surface area contributed by atoms with E-state index in [1.54, 1.807) is 17.5 Å². The first kappa shape index (κ1) is 18.0. The molecule has 0 aliphatic carbocycles. The fourth-order valence-corrected chi connectivity index (χ4v) is 3.15.